The van der Waals surface area contributed by atoms with Crippen LogP contribution in [0.25, 0.3) is 0 Å². The van der Waals surface area contributed by atoms with Gasteiger partial charge < -0.3 is 11.5 Å². The molecule has 0 heterocycles. The third-order valence-corrected chi connectivity index (χ3v) is 3.22. The van der Waals surface area contributed by atoms with Crippen LogP contribution in [-0.2, 0) is 0 Å². The molecule has 2 aromatic carbocycles. The normalized spacial score (nSPS) is 10.3. The Hall–Kier alpha value is -2.29. The topological polar surface area (TPSA) is 69.1 Å². The second-order valence-corrected chi connectivity index (χ2v) is 4.39. The van der Waals surface area contributed by atoms with Crippen LogP contribution < -0.4 is 11.5 Å². The number of nitrogens with two attached hydrogens (primary N) is 2. The van der Waals surface area contributed by atoms with Crippen LogP contribution in [0.5, 0.6) is 0 Å². The van der Waals surface area contributed by atoms with E-state index in [-0.39, 0.29) is 5.78 Å². The van der Waals surface area contributed by atoms with E-state index in [1.54, 1.807) is 18.2 Å². The third kappa shape index (κ3) is 1.95. The minimum atomic E-state index is -0.0945. The van der Waals surface area contributed by atoms with Crippen LogP contribution in [0.2, 0.25) is 0 Å². The van der Waals surface area contributed by atoms with E-state index in [1.165, 1.54) is 0 Å². The molecular formula is C15H16N2O. The van der Waals surface area contributed by atoms with Crippen molar-refractivity contribution in [3.8, 4) is 0 Å². The van der Waals surface area contributed by atoms with Gasteiger partial charge in [-0.05, 0) is 31.0 Å². The highest BCUT2D eigenvalue weighted by molar-refractivity contribution is 6.13. The van der Waals surface area contributed by atoms with Crippen LogP contribution >= 0.6 is 0 Å². The van der Waals surface area contributed by atoms with Crippen LogP contribution in [0, 0.1) is 13.8 Å². The molecule has 0 aliphatic rings. The summed E-state index contributed by atoms with van der Waals surface area (Å²) in [6.07, 6.45) is 0. The summed E-state index contributed by atoms with van der Waals surface area (Å²) in [5.41, 5.74) is 15.7. The van der Waals surface area contributed by atoms with E-state index in [0.717, 1.165) is 11.1 Å². The molecule has 0 atom stereocenters. The molecule has 0 aliphatic carbocycles. The summed E-state index contributed by atoms with van der Waals surface area (Å²) in [4.78, 5) is 12.3. The Morgan fingerprint density at radius 3 is 2.22 bits per heavy atom. The van der Waals surface area contributed by atoms with Crippen molar-refractivity contribution in [1.82, 2.24) is 0 Å². The smallest absolute Gasteiger partial charge is 0.195 e. The van der Waals surface area contributed by atoms with Gasteiger partial charge in [-0.3, -0.25) is 4.79 Å². The molecule has 0 aromatic heterocycles. The van der Waals surface area contributed by atoms with E-state index < -0.39 is 0 Å². The van der Waals surface area contributed by atoms with E-state index in [2.05, 4.69) is 0 Å². The number of anilines is 2. The lowest BCUT2D eigenvalue weighted by Crippen LogP contribution is -2.09. The Labute approximate surface area is 106 Å². The predicted octanol–water partition coefficient (Wildman–Crippen LogP) is 2.70. The molecule has 0 aliphatic heterocycles. The molecule has 0 saturated carbocycles. The van der Waals surface area contributed by atoms with Gasteiger partial charge in [0, 0.05) is 11.1 Å². The van der Waals surface area contributed by atoms with Crippen molar-refractivity contribution in [2.24, 2.45) is 0 Å². The molecule has 0 saturated heterocycles. The fourth-order valence-electron chi connectivity index (χ4n) is 1.89. The molecule has 0 radical (unpaired) electrons. The van der Waals surface area contributed by atoms with Gasteiger partial charge in [0.05, 0.1) is 11.4 Å². The van der Waals surface area contributed by atoms with E-state index in [9.17, 15) is 4.79 Å². The van der Waals surface area contributed by atoms with Crippen LogP contribution in [0.1, 0.15) is 27.0 Å². The number of carbonyl (C=O) groups is 1. The number of ketones is 1. The van der Waals surface area contributed by atoms with Gasteiger partial charge in [0.1, 0.15) is 0 Å². The van der Waals surface area contributed by atoms with E-state index in [4.69, 9.17) is 11.5 Å². The average Bonchev–Trinajstić information content (AvgIpc) is 2.41. The number of nitrogen functional groups attached to an aromatic ring is 2. The summed E-state index contributed by atoms with van der Waals surface area (Å²) in [5, 5.41) is 0. The number of rotatable bonds is 2. The van der Waals surface area contributed by atoms with Gasteiger partial charge in [-0.25, -0.2) is 0 Å². The Kier molecular flexibility index (Phi) is 3.06. The lowest BCUT2D eigenvalue weighted by atomic mass is 9.96. The Balaban J connectivity index is 2.56. The molecule has 2 rings (SSSR count). The third-order valence-electron chi connectivity index (χ3n) is 3.22. The monoisotopic (exact) mass is 240 g/mol. The molecule has 0 spiro atoms. The van der Waals surface area contributed by atoms with Crippen molar-refractivity contribution in [3.05, 3.63) is 58.7 Å². The van der Waals surface area contributed by atoms with Crippen molar-refractivity contribution in [2.75, 3.05) is 11.5 Å². The van der Waals surface area contributed by atoms with Crippen LogP contribution in [0.4, 0.5) is 11.4 Å². The molecule has 4 N–H and O–H groups in total. The summed E-state index contributed by atoms with van der Waals surface area (Å²) < 4.78 is 0. The standard InChI is InChI=1S/C15H16N2O/c1-9-8-12(14(17)13(16)10(9)2)15(18)11-6-4-3-5-7-11/h3-8H,16-17H2,1-2H3. The number of benzene rings is 2. The van der Waals surface area contributed by atoms with Crippen molar-refractivity contribution < 1.29 is 4.79 Å². The predicted molar refractivity (Wildman–Crippen MR) is 74.6 cm³/mol. The summed E-state index contributed by atoms with van der Waals surface area (Å²) in [6.45, 7) is 3.82. The quantitative estimate of drug-likeness (QED) is 0.626. The first kappa shape index (κ1) is 12.2. The highest BCUT2D eigenvalue weighted by atomic mass is 16.1. The second kappa shape index (κ2) is 4.53. The summed E-state index contributed by atoms with van der Waals surface area (Å²) in [7, 11) is 0. The second-order valence-electron chi connectivity index (χ2n) is 4.39. The maximum absolute atomic E-state index is 12.3. The summed E-state index contributed by atoms with van der Waals surface area (Å²) >= 11 is 0. The van der Waals surface area contributed by atoms with Crippen LogP contribution in [0.15, 0.2) is 36.4 Å². The Bertz CT molecular complexity index is 604. The van der Waals surface area contributed by atoms with Gasteiger partial charge in [0.15, 0.2) is 5.78 Å². The van der Waals surface area contributed by atoms with Crippen LogP contribution in [0.3, 0.4) is 0 Å². The van der Waals surface area contributed by atoms with Gasteiger partial charge in [0.25, 0.3) is 0 Å². The van der Waals surface area contributed by atoms with Crippen molar-refractivity contribution in [3.63, 3.8) is 0 Å². The molecule has 0 fully saturated rings. The van der Waals surface area contributed by atoms with Gasteiger partial charge >= 0.3 is 0 Å². The number of hydrogen-bond acceptors (Lipinski definition) is 3. The Morgan fingerprint density at radius 2 is 1.61 bits per heavy atom. The molecule has 0 amide bonds. The molecule has 0 bridgehead atoms. The average molecular weight is 240 g/mol. The molecule has 0 unspecified atom stereocenters. The highest BCUT2D eigenvalue weighted by Gasteiger charge is 2.16. The van der Waals surface area contributed by atoms with E-state index in [0.29, 0.717) is 22.5 Å². The number of aryl methyl sites for hydroxylation is 1. The number of carbonyl (C=O) groups excluding carboxylic acids is 1. The van der Waals surface area contributed by atoms with Gasteiger partial charge in [-0.1, -0.05) is 30.3 Å². The molecule has 3 heteroatoms. The van der Waals surface area contributed by atoms with Gasteiger partial charge in [0.2, 0.25) is 0 Å². The fourth-order valence-corrected chi connectivity index (χ4v) is 1.89. The summed E-state index contributed by atoms with van der Waals surface area (Å²) in [5.74, 6) is -0.0945. The van der Waals surface area contributed by atoms with Crippen molar-refractivity contribution in [2.45, 2.75) is 13.8 Å². The van der Waals surface area contributed by atoms with Crippen LogP contribution in [-0.4, -0.2) is 5.78 Å². The molecule has 92 valence electrons. The maximum Gasteiger partial charge on any atom is 0.195 e. The SMILES string of the molecule is Cc1cc(C(=O)c2ccccc2)c(N)c(N)c1C. The Morgan fingerprint density at radius 1 is 1.00 bits per heavy atom. The van der Waals surface area contributed by atoms with E-state index >= 15 is 0 Å². The zero-order valence-electron chi connectivity index (χ0n) is 10.5. The molecule has 18 heavy (non-hydrogen) atoms. The van der Waals surface area contributed by atoms with Crippen molar-refractivity contribution in [1.29, 1.82) is 0 Å². The number of hydrogen-bond donors (Lipinski definition) is 2. The van der Waals surface area contributed by atoms with Gasteiger partial charge in [-0.15, -0.1) is 0 Å². The zero-order valence-corrected chi connectivity index (χ0v) is 10.5. The lowest BCUT2D eigenvalue weighted by molar-refractivity contribution is 0.103. The maximum atomic E-state index is 12.3. The minimum Gasteiger partial charge on any atom is -0.397 e. The zero-order chi connectivity index (χ0) is 13.3. The minimum absolute atomic E-state index is 0.0945. The fraction of sp³-hybridized carbons (Fsp3) is 0.133. The largest absolute Gasteiger partial charge is 0.397 e. The first-order valence-electron chi connectivity index (χ1n) is 5.77. The molecule has 2 aromatic rings. The lowest BCUT2D eigenvalue weighted by Gasteiger charge is -2.12. The first-order chi connectivity index (χ1) is 8.52. The highest BCUT2D eigenvalue weighted by Crippen LogP contribution is 2.28. The van der Waals surface area contributed by atoms with Crippen molar-refractivity contribution >= 4 is 17.2 Å². The van der Waals surface area contributed by atoms with Gasteiger partial charge in [-0.2, -0.15) is 0 Å². The summed E-state index contributed by atoms with van der Waals surface area (Å²) in [6, 6.07) is 10.9. The first-order valence-corrected chi connectivity index (χ1v) is 5.77. The molecular weight excluding hydrogens is 224 g/mol. The van der Waals surface area contributed by atoms with E-state index in [1.807, 2.05) is 32.0 Å². The molecule has 3 nitrogen and oxygen atoms in total.